The summed E-state index contributed by atoms with van der Waals surface area (Å²) in [7, 11) is 0. The highest BCUT2D eigenvalue weighted by atomic mass is 15.0. The van der Waals surface area contributed by atoms with E-state index < -0.39 is 0 Å². The second-order valence-corrected chi connectivity index (χ2v) is 4.91. The fourth-order valence-electron chi connectivity index (χ4n) is 2.21. The number of pyridine rings is 2. The van der Waals surface area contributed by atoms with Crippen molar-refractivity contribution in [2.45, 2.75) is 13.1 Å². The third kappa shape index (κ3) is 3.82. The Hall–Kier alpha value is -2.88. The molecule has 2 N–H and O–H groups in total. The van der Waals surface area contributed by atoms with Crippen molar-refractivity contribution in [3.63, 3.8) is 0 Å². The molecule has 110 valence electrons. The smallest absolute Gasteiger partial charge is 0.126 e. The maximum Gasteiger partial charge on any atom is 0.126 e. The van der Waals surface area contributed by atoms with Crippen LogP contribution in [0.1, 0.15) is 11.1 Å². The van der Waals surface area contributed by atoms with Gasteiger partial charge in [-0.05, 0) is 35.4 Å². The quantitative estimate of drug-likeness (QED) is 0.727. The molecule has 0 aliphatic rings. The van der Waals surface area contributed by atoms with Crippen molar-refractivity contribution in [2.75, 3.05) is 10.6 Å². The zero-order valence-corrected chi connectivity index (χ0v) is 12.2. The summed E-state index contributed by atoms with van der Waals surface area (Å²) in [6, 6.07) is 20.1. The van der Waals surface area contributed by atoms with Gasteiger partial charge in [-0.15, -0.1) is 0 Å². The van der Waals surface area contributed by atoms with Crippen LogP contribution in [0.2, 0.25) is 0 Å². The SMILES string of the molecule is c1ccc(NCc2ccccc2CNc2ccccn2)nc1. The lowest BCUT2D eigenvalue weighted by molar-refractivity contribution is 1.03. The highest BCUT2D eigenvalue weighted by Gasteiger charge is 2.02. The predicted molar refractivity (Wildman–Crippen MR) is 89.6 cm³/mol. The van der Waals surface area contributed by atoms with Crippen molar-refractivity contribution >= 4 is 11.6 Å². The third-order valence-corrected chi connectivity index (χ3v) is 3.37. The van der Waals surface area contributed by atoms with E-state index in [4.69, 9.17) is 0 Å². The number of rotatable bonds is 6. The first-order valence-electron chi connectivity index (χ1n) is 7.28. The number of aromatic nitrogens is 2. The fraction of sp³-hybridized carbons (Fsp3) is 0.111. The van der Waals surface area contributed by atoms with E-state index in [0.29, 0.717) is 0 Å². The van der Waals surface area contributed by atoms with E-state index in [1.54, 1.807) is 12.4 Å². The normalized spacial score (nSPS) is 10.2. The first-order valence-corrected chi connectivity index (χ1v) is 7.28. The molecule has 0 saturated carbocycles. The number of hydrogen-bond acceptors (Lipinski definition) is 4. The van der Waals surface area contributed by atoms with Gasteiger partial charge in [-0.25, -0.2) is 9.97 Å². The van der Waals surface area contributed by atoms with E-state index in [-0.39, 0.29) is 0 Å². The Balaban J connectivity index is 1.65. The van der Waals surface area contributed by atoms with Crippen LogP contribution >= 0.6 is 0 Å². The van der Waals surface area contributed by atoms with Crippen LogP contribution in [0.3, 0.4) is 0 Å². The molecule has 3 aromatic rings. The van der Waals surface area contributed by atoms with Crippen molar-refractivity contribution in [3.05, 3.63) is 84.2 Å². The van der Waals surface area contributed by atoms with E-state index in [2.05, 4.69) is 44.9 Å². The second kappa shape index (κ2) is 7.22. The Kier molecular flexibility index (Phi) is 4.62. The highest BCUT2D eigenvalue weighted by Crippen LogP contribution is 2.13. The molecule has 0 spiro atoms. The number of anilines is 2. The van der Waals surface area contributed by atoms with E-state index in [9.17, 15) is 0 Å². The van der Waals surface area contributed by atoms with Crippen LogP contribution in [0.25, 0.3) is 0 Å². The first kappa shape index (κ1) is 14.1. The number of nitrogens with zero attached hydrogens (tertiary/aromatic N) is 2. The summed E-state index contributed by atoms with van der Waals surface area (Å²) in [5, 5.41) is 6.69. The molecule has 0 fully saturated rings. The molecule has 2 aromatic heterocycles. The summed E-state index contributed by atoms with van der Waals surface area (Å²) >= 11 is 0. The van der Waals surface area contributed by atoms with Gasteiger partial charge >= 0.3 is 0 Å². The molecule has 1 aromatic carbocycles. The minimum Gasteiger partial charge on any atom is -0.366 e. The van der Waals surface area contributed by atoms with E-state index in [0.717, 1.165) is 24.7 Å². The molecular formula is C18H18N4. The highest BCUT2D eigenvalue weighted by molar-refractivity contribution is 5.39. The molecule has 4 nitrogen and oxygen atoms in total. The molecule has 0 bridgehead atoms. The molecule has 4 heteroatoms. The molecule has 0 aliphatic carbocycles. The largest absolute Gasteiger partial charge is 0.366 e. The Morgan fingerprint density at radius 3 is 1.45 bits per heavy atom. The van der Waals surface area contributed by atoms with Gasteiger partial charge < -0.3 is 10.6 Å². The molecule has 22 heavy (non-hydrogen) atoms. The van der Waals surface area contributed by atoms with Crippen LogP contribution < -0.4 is 10.6 Å². The average molecular weight is 290 g/mol. The monoisotopic (exact) mass is 290 g/mol. The Morgan fingerprint density at radius 2 is 1.05 bits per heavy atom. The fourth-order valence-corrected chi connectivity index (χ4v) is 2.21. The minimum absolute atomic E-state index is 0.747. The van der Waals surface area contributed by atoms with Gasteiger partial charge in [-0.3, -0.25) is 0 Å². The van der Waals surface area contributed by atoms with Gasteiger partial charge in [0.1, 0.15) is 11.6 Å². The van der Waals surface area contributed by atoms with Crippen molar-refractivity contribution in [1.29, 1.82) is 0 Å². The number of nitrogens with one attached hydrogen (secondary N) is 2. The zero-order valence-electron chi connectivity index (χ0n) is 12.2. The Morgan fingerprint density at radius 1 is 0.591 bits per heavy atom. The van der Waals surface area contributed by atoms with Gasteiger partial charge in [0.15, 0.2) is 0 Å². The topological polar surface area (TPSA) is 49.8 Å². The molecule has 0 aliphatic heterocycles. The molecule has 0 amide bonds. The lowest BCUT2D eigenvalue weighted by atomic mass is 10.1. The van der Waals surface area contributed by atoms with Crippen LogP contribution in [0.15, 0.2) is 73.1 Å². The van der Waals surface area contributed by atoms with Gasteiger partial charge in [0.2, 0.25) is 0 Å². The second-order valence-electron chi connectivity index (χ2n) is 4.91. The summed E-state index contributed by atoms with van der Waals surface area (Å²) < 4.78 is 0. The van der Waals surface area contributed by atoms with Gasteiger partial charge in [-0.1, -0.05) is 36.4 Å². The molecule has 0 radical (unpaired) electrons. The summed E-state index contributed by atoms with van der Waals surface area (Å²) in [6.45, 7) is 1.49. The first-order chi connectivity index (χ1) is 10.9. The van der Waals surface area contributed by atoms with Gasteiger partial charge in [0.25, 0.3) is 0 Å². The van der Waals surface area contributed by atoms with Crippen LogP contribution in [0.5, 0.6) is 0 Å². The maximum atomic E-state index is 4.28. The Labute approximate surface area is 130 Å². The molecule has 0 saturated heterocycles. The van der Waals surface area contributed by atoms with Crippen molar-refractivity contribution in [3.8, 4) is 0 Å². The van der Waals surface area contributed by atoms with Crippen LogP contribution in [0, 0.1) is 0 Å². The average Bonchev–Trinajstić information content (AvgIpc) is 2.61. The van der Waals surface area contributed by atoms with Crippen molar-refractivity contribution in [2.24, 2.45) is 0 Å². The Bertz CT molecular complexity index is 636. The number of hydrogen-bond donors (Lipinski definition) is 2. The summed E-state index contributed by atoms with van der Waals surface area (Å²) in [5.41, 5.74) is 2.49. The van der Waals surface area contributed by atoms with Crippen LogP contribution in [-0.2, 0) is 13.1 Å². The third-order valence-electron chi connectivity index (χ3n) is 3.37. The molecule has 2 heterocycles. The van der Waals surface area contributed by atoms with Gasteiger partial charge in [0, 0.05) is 25.5 Å². The van der Waals surface area contributed by atoms with Crippen molar-refractivity contribution in [1.82, 2.24) is 9.97 Å². The lowest BCUT2D eigenvalue weighted by Gasteiger charge is -2.12. The van der Waals surface area contributed by atoms with Gasteiger partial charge in [-0.2, -0.15) is 0 Å². The molecule has 3 rings (SSSR count). The predicted octanol–water partition coefficient (Wildman–Crippen LogP) is 3.70. The van der Waals surface area contributed by atoms with E-state index in [1.807, 2.05) is 36.4 Å². The summed E-state index contributed by atoms with van der Waals surface area (Å²) in [4.78, 5) is 8.56. The minimum atomic E-state index is 0.747. The van der Waals surface area contributed by atoms with E-state index in [1.165, 1.54) is 11.1 Å². The molecular weight excluding hydrogens is 272 g/mol. The molecule has 0 atom stereocenters. The summed E-state index contributed by atoms with van der Waals surface area (Å²) in [6.07, 6.45) is 3.58. The zero-order chi connectivity index (χ0) is 15.0. The maximum absolute atomic E-state index is 4.28. The number of benzene rings is 1. The summed E-state index contributed by atoms with van der Waals surface area (Å²) in [5.74, 6) is 1.77. The lowest BCUT2D eigenvalue weighted by Crippen LogP contribution is -2.07. The standard InChI is InChI=1S/C18H18N4/c1-2-8-16(14-22-18-10-4-6-12-20-18)15(7-1)13-21-17-9-3-5-11-19-17/h1-12H,13-14H2,(H,19,21)(H,20,22). The molecule has 0 unspecified atom stereocenters. The van der Waals surface area contributed by atoms with Gasteiger partial charge in [0.05, 0.1) is 0 Å². The van der Waals surface area contributed by atoms with Crippen LogP contribution in [0.4, 0.5) is 11.6 Å². The van der Waals surface area contributed by atoms with E-state index >= 15 is 0 Å². The van der Waals surface area contributed by atoms with Crippen molar-refractivity contribution < 1.29 is 0 Å². The van der Waals surface area contributed by atoms with Crippen LogP contribution in [-0.4, -0.2) is 9.97 Å².